The third kappa shape index (κ3) is 3.51. The zero-order chi connectivity index (χ0) is 12.8. The van der Waals surface area contributed by atoms with Gasteiger partial charge in [-0.1, -0.05) is 19.1 Å². The fraction of sp³-hybridized carbons (Fsp3) is 0.500. The van der Waals surface area contributed by atoms with Crippen LogP contribution in [0.15, 0.2) is 24.3 Å². The summed E-state index contributed by atoms with van der Waals surface area (Å²) in [5.74, 6) is 0. The van der Waals surface area contributed by atoms with Gasteiger partial charge in [0.05, 0.1) is 16.8 Å². The molecule has 0 amide bonds. The van der Waals surface area contributed by atoms with Gasteiger partial charge in [-0.3, -0.25) is 4.90 Å². The molecule has 1 aromatic carbocycles. The van der Waals surface area contributed by atoms with Crippen LogP contribution in [0.5, 0.6) is 0 Å². The van der Waals surface area contributed by atoms with Crippen LogP contribution in [0.1, 0.15) is 18.4 Å². The van der Waals surface area contributed by atoms with Crippen molar-refractivity contribution in [2.75, 3.05) is 26.7 Å². The number of hydrogen-bond acceptors (Lipinski definition) is 4. The maximum atomic E-state index is 4.70. The number of hydrogen-bond donors (Lipinski definition) is 1. The zero-order valence-corrected chi connectivity index (χ0v) is 12.0. The van der Waals surface area contributed by atoms with Gasteiger partial charge in [0.15, 0.2) is 0 Å². The summed E-state index contributed by atoms with van der Waals surface area (Å²) in [6.07, 6.45) is 1.19. The van der Waals surface area contributed by atoms with Crippen molar-refractivity contribution in [1.82, 2.24) is 15.2 Å². The summed E-state index contributed by atoms with van der Waals surface area (Å²) in [5, 5.41) is 4.43. The molecule has 0 aliphatic heterocycles. The summed E-state index contributed by atoms with van der Waals surface area (Å²) in [5.41, 5.74) is 1.13. The van der Waals surface area contributed by atoms with Gasteiger partial charge in [-0.25, -0.2) is 4.98 Å². The molecule has 4 heteroatoms. The predicted molar refractivity (Wildman–Crippen MR) is 79.1 cm³/mol. The Kier molecular flexibility index (Phi) is 5.11. The summed E-state index contributed by atoms with van der Waals surface area (Å²) < 4.78 is 1.29. The van der Waals surface area contributed by atoms with Gasteiger partial charge in [-0.15, -0.1) is 11.3 Å². The summed E-state index contributed by atoms with van der Waals surface area (Å²) in [6.45, 7) is 6.45. The first kappa shape index (κ1) is 13.5. The summed E-state index contributed by atoms with van der Waals surface area (Å²) in [4.78, 5) is 7.17. The predicted octanol–water partition coefficient (Wildman–Crippen LogP) is 2.73. The van der Waals surface area contributed by atoms with Crippen LogP contribution in [0.4, 0.5) is 0 Å². The van der Waals surface area contributed by atoms with Crippen LogP contribution >= 0.6 is 11.3 Å². The monoisotopic (exact) mass is 263 g/mol. The lowest BCUT2D eigenvalue weighted by Crippen LogP contribution is -2.31. The Hall–Kier alpha value is -0.970. The van der Waals surface area contributed by atoms with Crippen LogP contribution in [-0.2, 0) is 6.54 Å². The van der Waals surface area contributed by atoms with Gasteiger partial charge in [0, 0.05) is 13.1 Å². The van der Waals surface area contributed by atoms with Crippen LogP contribution in [0.25, 0.3) is 10.2 Å². The Morgan fingerprint density at radius 1 is 1.28 bits per heavy atom. The Labute approximate surface area is 113 Å². The molecule has 0 saturated heterocycles. The minimum Gasteiger partial charge on any atom is -0.318 e. The lowest BCUT2D eigenvalue weighted by molar-refractivity contribution is 0.267. The van der Waals surface area contributed by atoms with Crippen molar-refractivity contribution in [2.45, 2.75) is 19.9 Å². The molecule has 0 aliphatic carbocycles. The molecule has 2 rings (SSSR count). The smallest absolute Gasteiger partial charge is 0.108 e. The SMILES string of the molecule is CCCN(CCNC)Cc1nc2ccccc2s1. The minimum absolute atomic E-state index is 0.967. The van der Waals surface area contributed by atoms with Crippen LogP contribution < -0.4 is 5.32 Å². The highest BCUT2D eigenvalue weighted by molar-refractivity contribution is 7.18. The third-order valence-electron chi connectivity index (χ3n) is 2.91. The number of likely N-dealkylation sites (N-methyl/N-ethyl adjacent to an activating group) is 1. The molecule has 0 unspecified atom stereocenters. The second-order valence-electron chi connectivity index (χ2n) is 4.46. The first-order chi connectivity index (χ1) is 8.83. The molecule has 1 heterocycles. The van der Waals surface area contributed by atoms with Gasteiger partial charge in [-0.05, 0) is 32.1 Å². The number of benzene rings is 1. The third-order valence-corrected chi connectivity index (χ3v) is 3.94. The molecule has 98 valence electrons. The maximum absolute atomic E-state index is 4.70. The van der Waals surface area contributed by atoms with E-state index in [-0.39, 0.29) is 0 Å². The number of rotatable bonds is 7. The average molecular weight is 263 g/mol. The fourth-order valence-electron chi connectivity index (χ4n) is 2.03. The summed E-state index contributed by atoms with van der Waals surface area (Å²) in [7, 11) is 2.00. The Bertz CT molecular complexity index is 448. The van der Waals surface area contributed by atoms with E-state index in [9.17, 15) is 0 Å². The van der Waals surface area contributed by atoms with E-state index in [0.29, 0.717) is 0 Å². The first-order valence-corrected chi connectivity index (χ1v) is 7.36. The van der Waals surface area contributed by atoms with E-state index < -0.39 is 0 Å². The minimum atomic E-state index is 0.967. The highest BCUT2D eigenvalue weighted by atomic mass is 32.1. The fourth-order valence-corrected chi connectivity index (χ4v) is 3.04. The Morgan fingerprint density at radius 2 is 2.11 bits per heavy atom. The largest absolute Gasteiger partial charge is 0.318 e. The van der Waals surface area contributed by atoms with Crippen LogP contribution in [-0.4, -0.2) is 36.6 Å². The molecular formula is C14H21N3S. The van der Waals surface area contributed by atoms with Crippen molar-refractivity contribution < 1.29 is 0 Å². The molecule has 0 fully saturated rings. The van der Waals surface area contributed by atoms with E-state index in [1.54, 1.807) is 0 Å². The van der Waals surface area contributed by atoms with Gasteiger partial charge in [0.1, 0.15) is 5.01 Å². The van der Waals surface area contributed by atoms with E-state index in [1.165, 1.54) is 16.1 Å². The number of fused-ring (bicyclic) bond motifs is 1. The summed E-state index contributed by atoms with van der Waals surface area (Å²) >= 11 is 1.81. The topological polar surface area (TPSA) is 28.2 Å². The van der Waals surface area contributed by atoms with Gasteiger partial charge in [0.25, 0.3) is 0 Å². The number of nitrogens with zero attached hydrogens (tertiary/aromatic N) is 2. The Balaban J connectivity index is 2.05. The normalized spacial score (nSPS) is 11.5. The molecule has 0 radical (unpaired) electrons. The van der Waals surface area contributed by atoms with Crippen LogP contribution in [0, 0.1) is 0 Å². The maximum Gasteiger partial charge on any atom is 0.108 e. The van der Waals surface area contributed by atoms with E-state index in [4.69, 9.17) is 4.98 Å². The quantitative estimate of drug-likeness (QED) is 0.832. The van der Waals surface area contributed by atoms with Crippen LogP contribution in [0.2, 0.25) is 0 Å². The van der Waals surface area contributed by atoms with E-state index in [0.717, 1.165) is 31.7 Å². The molecule has 0 saturated carbocycles. The van der Waals surface area contributed by atoms with Gasteiger partial charge >= 0.3 is 0 Å². The van der Waals surface area contributed by atoms with Crippen molar-refractivity contribution in [3.63, 3.8) is 0 Å². The van der Waals surface area contributed by atoms with Crippen molar-refractivity contribution in [3.05, 3.63) is 29.3 Å². The first-order valence-electron chi connectivity index (χ1n) is 6.55. The molecule has 3 nitrogen and oxygen atoms in total. The molecule has 0 atom stereocenters. The summed E-state index contributed by atoms with van der Waals surface area (Å²) in [6, 6.07) is 8.37. The number of thiazole rings is 1. The molecule has 18 heavy (non-hydrogen) atoms. The van der Waals surface area contributed by atoms with E-state index in [1.807, 2.05) is 18.4 Å². The lowest BCUT2D eigenvalue weighted by Gasteiger charge is -2.19. The van der Waals surface area contributed by atoms with Gasteiger partial charge in [-0.2, -0.15) is 0 Å². The van der Waals surface area contributed by atoms with E-state index in [2.05, 4.69) is 41.4 Å². The molecule has 2 aromatic rings. The number of para-hydroxylation sites is 1. The number of aromatic nitrogens is 1. The van der Waals surface area contributed by atoms with Gasteiger partial charge in [0.2, 0.25) is 0 Å². The highest BCUT2D eigenvalue weighted by Gasteiger charge is 2.08. The molecule has 0 aliphatic rings. The molecule has 0 bridgehead atoms. The molecular weight excluding hydrogens is 242 g/mol. The van der Waals surface area contributed by atoms with Crippen LogP contribution in [0.3, 0.4) is 0 Å². The highest BCUT2D eigenvalue weighted by Crippen LogP contribution is 2.22. The Morgan fingerprint density at radius 3 is 2.83 bits per heavy atom. The van der Waals surface area contributed by atoms with Crippen molar-refractivity contribution in [3.8, 4) is 0 Å². The standard InChI is InChI=1S/C14H21N3S/c1-3-9-17(10-8-15-2)11-14-16-12-6-4-5-7-13(12)18-14/h4-7,15H,3,8-11H2,1-2H3. The van der Waals surface area contributed by atoms with Gasteiger partial charge < -0.3 is 5.32 Å². The second-order valence-corrected chi connectivity index (χ2v) is 5.57. The molecule has 1 N–H and O–H groups in total. The average Bonchev–Trinajstić information content (AvgIpc) is 2.78. The van der Waals surface area contributed by atoms with Crippen molar-refractivity contribution >= 4 is 21.6 Å². The van der Waals surface area contributed by atoms with E-state index >= 15 is 0 Å². The zero-order valence-electron chi connectivity index (χ0n) is 11.1. The van der Waals surface area contributed by atoms with Crippen molar-refractivity contribution in [2.24, 2.45) is 0 Å². The lowest BCUT2D eigenvalue weighted by atomic mass is 10.3. The molecule has 1 aromatic heterocycles. The molecule has 0 spiro atoms. The second kappa shape index (κ2) is 6.83. The van der Waals surface area contributed by atoms with Crippen molar-refractivity contribution in [1.29, 1.82) is 0 Å². The number of nitrogens with one attached hydrogen (secondary N) is 1.